The highest BCUT2D eigenvalue weighted by molar-refractivity contribution is 5.75. The molecule has 0 aliphatic carbocycles. The minimum absolute atomic E-state index is 0.101. The third kappa shape index (κ3) is 1.44. The lowest BCUT2D eigenvalue weighted by molar-refractivity contribution is 0.509. The number of nitrogens with one attached hydrogen (secondary N) is 1. The Morgan fingerprint density at radius 2 is 1.87 bits per heavy atom. The zero-order chi connectivity index (χ0) is 11.2. The second kappa shape index (κ2) is 3.18. The fraction of sp³-hybridized carbons (Fsp3) is 0.300. The number of H-pyrrole nitrogens is 1. The van der Waals surface area contributed by atoms with Crippen LogP contribution in [0.2, 0.25) is 0 Å². The van der Waals surface area contributed by atoms with Crippen molar-refractivity contribution in [2.24, 2.45) is 0 Å². The Balaban J connectivity index is 2.88. The molecule has 1 aromatic heterocycles. The van der Waals surface area contributed by atoms with E-state index in [1.54, 1.807) is 13.8 Å². The van der Waals surface area contributed by atoms with Crippen LogP contribution in [0.25, 0.3) is 11.0 Å². The van der Waals surface area contributed by atoms with E-state index in [9.17, 15) is 13.6 Å². The van der Waals surface area contributed by atoms with Gasteiger partial charge in [0, 0.05) is 18.2 Å². The number of hydrogen-bond donors (Lipinski definition) is 1. The lowest BCUT2D eigenvalue weighted by Crippen LogP contribution is -2.18. The van der Waals surface area contributed by atoms with Gasteiger partial charge < -0.3 is 4.98 Å². The molecule has 0 bridgehead atoms. The molecule has 0 amide bonds. The number of fused-ring (bicyclic) bond motifs is 1. The first kappa shape index (κ1) is 9.89. The van der Waals surface area contributed by atoms with Gasteiger partial charge in [-0.2, -0.15) is 0 Å². The Labute approximate surface area is 84.3 Å². The van der Waals surface area contributed by atoms with Crippen molar-refractivity contribution in [1.29, 1.82) is 0 Å². The molecule has 0 radical (unpaired) electrons. The van der Waals surface area contributed by atoms with Crippen LogP contribution in [-0.4, -0.2) is 9.55 Å². The van der Waals surface area contributed by atoms with Gasteiger partial charge in [0.1, 0.15) is 0 Å². The van der Waals surface area contributed by atoms with Crippen molar-refractivity contribution < 1.29 is 8.78 Å². The maximum Gasteiger partial charge on any atom is 0.326 e. The molecule has 0 unspecified atom stereocenters. The number of aromatic nitrogens is 2. The van der Waals surface area contributed by atoms with Crippen LogP contribution in [0.3, 0.4) is 0 Å². The number of imidazole rings is 1. The first-order valence-electron chi connectivity index (χ1n) is 4.60. The Morgan fingerprint density at radius 3 is 2.47 bits per heavy atom. The molecule has 15 heavy (non-hydrogen) atoms. The minimum atomic E-state index is -0.959. The zero-order valence-electron chi connectivity index (χ0n) is 8.34. The van der Waals surface area contributed by atoms with E-state index in [1.165, 1.54) is 4.57 Å². The molecule has 0 saturated carbocycles. The molecular weight excluding hydrogens is 202 g/mol. The standard InChI is InChI=1S/C10H10F2N2O/c1-5(2)14-9-4-7(12)6(11)3-8(9)13-10(14)15/h3-5H,1-2H3,(H,13,15). The predicted octanol–water partition coefficient (Wildman–Crippen LogP) is 2.19. The molecular formula is C10H10F2N2O. The van der Waals surface area contributed by atoms with Crippen molar-refractivity contribution >= 4 is 11.0 Å². The highest BCUT2D eigenvalue weighted by Crippen LogP contribution is 2.18. The van der Waals surface area contributed by atoms with Crippen LogP contribution in [-0.2, 0) is 0 Å². The summed E-state index contributed by atoms with van der Waals surface area (Å²) in [6.45, 7) is 3.60. The molecule has 5 heteroatoms. The van der Waals surface area contributed by atoms with Gasteiger partial charge in [0.15, 0.2) is 11.6 Å². The maximum atomic E-state index is 13.0. The monoisotopic (exact) mass is 212 g/mol. The van der Waals surface area contributed by atoms with Gasteiger partial charge in [0.05, 0.1) is 11.0 Å². The molecule has 0 fully saturated rings. The van der Waals surface area contributed by atoms with Crippen LogP contribution in [0.1, 0.15) is 19.9 Å². The summed E-state index contributed by atoms with van der Waals surface area (Å²) in [6, 6.07) is 1.92. The first-order chi connectivity index (χ1) is 7.00. The van der Waals surface area contributed by atoms with Crippen molar-refractivity contribution in [1.82, 2.24) is 9.55 Å². The molecule has 0 atom stereocenters. The molecule has 0 aliphatic rings. The minimum Gasteiger partial charge on any atom is -0.305 e. The predicted molar refractivity (Wildman–Crippen MR) is 52.9 cm³/mol. The maximum absolute atomic E-state index is 13.0. The lowest BCUT2D eigenvalue weighted by atomic mass is 10.2. The van der Waals surface area contributed by atoms with E-state index in [4.69, 9.17) is 0 Å². The summed E-state index contributed by atoms with van der Waals surface area (Å²) >= 11 is 0. The summed E-state index contributed by atoms with van der Waals surface area (Å²) < 4.78 is 27.3. The van der Waals surface area contributed by atoms with Crippen LogP contribution in [0.5, 0.6) is 0 Å². The number of nitrogens with zero attached hydrogens (tertiary/aromatic N) is 1. The van der Waals surface area contributed by atoms with E-state index in [-0.39, 0.29) is 11.7 Å². The Kier molecular flexibility index (Phi) is 2.10. The van der Waals surface area contributed by atoms with Gasteiger partial charge in [-0.15, -0.1) is 0 Å². The zero-order valence-corrected chi connectivity index (χ0v) is 8.34. The second-order valence-corrected chi connectivity index (χ2v) is 3.68. The Hall–Kier alpha value is -1.65. The molecule has 2 aromatic rings. The van der Waals surface area contributed by atoms with Crippen molar-refractivity contribution in [3.05, 3.63) is 34.3 Å². The van der Waals surface area contributed by atoms with Crippen LogP contribution < -0.4 is 5.69 Å². The average molecular weight is 212 g/mol. The van der Waals surface area contributed by atoms with E-state index in [2.05, 4.69) is 4.98 Å². The van der Waals surface area contributed by atoms with Crippen LogP contribution in [0, 0.1) is 11.6 Å². The Bertz CT molecular complexity index is 569. The lowest BCUT2D eigenvalue weighted by Gasteiger charge is -2.06. The number of hydrogen-bond acceptors (Lipinski definition) is 1. The van der Waals surface area contributed by atoms with Gasteiger partial charge in [-0.05, 0) is 13.8 Å². The molecule has 0 saturated heterocycles. The van der Waals surface area contributed by atoms with E-state index < -0.39 is 11.6 Å². The average Bonchev–Trinajstić information content (AvgIpc) is 2.41. The number of rotatable bonds is 1. The summed E-state index contributed by atoms with van der Waals surface area (Å²) in [7, 11) is 0. The summed E-state index contributed by atoms with van der Waals surface area (Å²) in [5, 5.41) is 0. The van der Waals surface area contributed by atoms with Gasteiger partial charge in [-0.1, -0.05) is 0 Å². The van der Waals surface area contributed by atoms with Crippen molar-refractivity contribution in [3.63, 3.8) is 0 Å². The number of aromatic amines is 1. The molecule has 80 valence electrons. The van der Waals surface area contributed by atoms with Crippen molar-refractivity contribution in [3.8, 4) is 0 Å². The highest BCUT2D eigenvalue weighted by atomic mass is 19.2. The van der Waals surface area contributed by atoms with E-state index in [0.29, 0.717) is 11.0 Å². The summed E-state index contributed by atoms with van der Waals surface area (Å²) in [5.74, 6) is -1.91. The van der Waals surface area contributed by atoms with Crippen molar-refractivity contribution in [2.75, 3.05) is 0 Å². The van der Waals surface area contributed by atoms with E-state index in [0.717, 1.165) is 12.1 Å². The summed E-state index contributed by atoms with van der Waals surface area (Å²) in [4.78, 5) is 13.9. The van der Waals surface area contributed by atoms with E-state index in [1.807, 2.05) is 0 Å². The normalized spacial score (nSPS) is 11.5. The summed E-state index contributed by atoms with van der Waals surface area (Å²) in [5.41, 5.74) is 0.339. The van der Waals surface area contributed by atoms with Gasteiger partial charge >= 0.3 is 5.69 Å². The van der Waals surface area contributed by atoms with Crippen LogP contribution in [0.15, 0.2) is 16.9 Å². The van der Waals surface area contributed by atoms with E-state index >= 15 is 0 Å². The second-order valence-electron chi connectivity index (χ2n) is 3.68. The SMILES string of the molecule is CC(C)n1c(=O)[nH]c2cc(F)c(F)cc21. The third-order valence-corrected chi connectivity index (χ3v) is 2.27. The smallest absolute Gasteiger partial charge is 0.305 e. The third-order valence-electron chi connectivity index (χ3n) is 2.27. The number of halogens is 2. The number of benzene rings is 1. The molecule has 2 rings (SSSR count). The molecule has 0 aliphatic heterocycles. The molecule has 3 nitrogen and oxygen atoms in total. The van der Waals surface area contributed by atoms with Gasteiger partial charge in [-0.25, -0.2) is 13.6 Å². The van der Waals surface area contributed by atoms with Gasteiger partial charge in [0.25, 0.3) is 0 Å². The van der Waals surface area contributed by atoms with Gasteiger partial charge in [-0.3, -0.25) is 4.57 Å². The van der Waals surface area contributed by atoms with Gasteiger partial charge in [0.2, 0.25) is 0 Å². The fourth-order valence-electron chi connectivity index (χ4n) is 1.63. The molecule has 1 N–H and O–H groups in total. The van der Waals surface area contributed by atoms with Crippen molar-refractivity contribution in [2.45, 2.75) is 19.9 Å². The fourth-order valence-corrected chi connectivity index (χ4v) is 1.63. The largest absolute Gasteiger partial charge is 0.326 e. The first-order valence-corrected chi connectivity index (χ1v) is 4.60. The summed E-state index contributed by atoms with van der Waals surface area (Å²) in [6.07, 6.45) is 0. The van der Waals surface area contributed by atoms with Crippen LogP contribution in [0.4, 0.5) is 8.78 Å². The quantitative estimate of drug-likeness (QED) is 0.773. The molecule has 1 aromatic carbocycles. The molecule has 1 heterocycles. The van der Waals surface area contributed by atoms with Crippen LogP contribution >= 0.6 is 0 Å². The Morgan fingerprint density at radius 1 is 1.27 bits per heavy atom. The molecule has 0 spiro atoms. The topological polar surface area (TPSA) is 37.8 Å². The highest BCUT2D eigenvalue weighted by Gasteiger charge is 2.12.